The zero-order valence-electron chi connectivity index (χ0n) is 30.8. The maximum atomic E-state index is 13.3. The number of benzene rings is 2. The highest BCUT2D eigenvalue weighted by atomic mass is 16.6. The largest absolute Gasteiger partial charge is 0.490 e. The molecule has 2 aromatic rings. The summed E-state index contributed by atoms with van der Waals surface area (Å²) in [5, 5.41) is 0. The number of esters is 2. The molecular weight excluding hydrogens is 614 g/mol. The average Bonchev–Trinajstić information content (AvgIpc) is 3.15. The van der Waals surface area contributed by atoms with Gasteiger partial charge in [-0.3, -0.25) is 4.79 Å². The molecule has 7 nitrogen and oxygen atoms in total. The molecule has 0 N–H and O–H groups in total. The molecule has 2 aromatic carbocycles. The molecule has 3 unspecified atom stereocenters. The number of aryl methyl sites for hydroxylation is 1. The van der Waals surface area contributed by atoms with Crippen LogP contribution in [0.25, 0.3) is 0 Å². The van der Waals surface area contributed by atoms with Crippen LogP contribution in [0.2, 0.25) is 0 Å². The van der Waals surface area contributed by atoms with Gasteiger partial charge in [-0.2, -0.15) is 0 Å². The highest BCUT2D eigenvalue weighted by Gasteiger charge is 2.47. The Morgan fingerprint density at radius 1 is 1.12 bits per heavy atom. The third-order valence-corrected chi connectivity index (χ3v) is 12.1. The van der Waals surface area contributed by atoms with Crippen LogP contribution in [0.15, 0.2) is 42.0 Å². The normalized spacial score (nSPS) is 26.3. The van der Waals surface area contributed by atoms with Crippen LogP contribution in [-0.4, -0.2) is 49.6 Å². The molecule has 4 aliphatic rings. The van der Waals surface area contributed by atoms with Crippen LogP contribution in [0, 0.1) is 43.4 Å². The number of carbonyl (C=O) groups is 3. The molecule has 6 rings (SSSR count). The molecule has 49 heavy (non-hydrogen) atoms. The second-order valence-corrected chi connectivity index (χ2v) is 16.5. The number of anilines is 1. The molecule has 3 aliphatic carbocycles. The van der Waals surface area contributed by atoms with Crippen LogP contribution in [0.3, 0.4) is 0 Å². The number of allylic oxidation sites excluding steroid dienone is 1. The van der Waals surface area contributed by atoms with E-state index in [9.17, 15) is 14.4 Å². The lowest BCUT2D eigenvalue weighted by atomic mass is 9.64. The zero-order chi connectivity index (χ0) is 35.2. The van der Waals surface area contributed by atoms with E-state index in [2.05, 4.69) is 43.9 Å². The lowest BCUT2D eigenvalue weighted by Gasteiger charge is -2.48. The van der Waals surface area contributed by atoms with Crippen LogP contribution >= 0.6 is 0 Å². The van der Waals surface area contributed by atoms with E-state index in [-0.39, 0.29) is 41.2 Å². The van der Waals surface area contributed by atoms with Gasteiger partial charge in [0.2, 0.25) is 0 Å². The van der Waals surface area contributed by atoms with Crippen molar-refractivity contribution in [2.45, 2.75) is 111 Å². The first kappa shape index (κ1) is 35.2. The zero-order valence-corrected chi connectivity index (χ0v) is 30.8. The first-order valence-corrected chi connectivity index (χ1v) is 18.4. The Balaban J connectivity index is 1.34. The number of fused-ring (bicyclic) bond motifs is 3. The van der Waals surface area contributed by atoms with Gasteiger partial charge in [0.05, 0.1) is 17.9 Å². The summed E-state index contributed by atoms with van der Waals surface area (Å²) in [5.74, 6) is 1.26. The van der Waals surface area contributed by atoms with Crippen LogP contribution in [0.4, 0.5) is 5.69 Å². The van der Waals surface area contributed by atoms with E-state index in [1.165, 1.54) is 34.8 Å². The van der Waals surface area contributed by atoms with Crippen molar-refractivity contribution >= 4 is 23.9 Å². The van der Waals surface area contributed by atoms with E-state index >= 15 is 0 Å². The minimum atomic E-state index is -0.602. The van der Waals surface area contributed by atoms with Gasteiger partial charge in [0.25, 0.3) is 0 Å². The summed E-state index contributed by atoms with van der Waals surface area (Å²) in [4.78, 5) is 39.6. The second kappa shape index (κ2) is 13.6. The van der Waals surface area contributed by atoms with E-state index in [4.69, 9.17) is 14.2 Å². The van der Waals surface area contributed by atoms with Crippen molar-refractivity contribution < 1.29 is 28.6 Å². The molecule has 0 radical (unpaired) electrons. The Hall–Kier alpha value is -3.61. The van der Waals surface area contributed by atoms with Crippen molar-refractivity contribution in [1.82, 2.24) is 0 Å². The summed E-state index contributed by atoms with van der Waals surface area (Å²) in [7, 11) is 0. The summed E-state index contributed by atoms with van der Waals surface area (Å²) in [6.07, 6.45) is 9.15. The van der Waals surface area contributed by atoms with Crippen LogP contribution < -0.4 is 9.64 Å². The standard InChI is InChI=1S/C42H55NO6/c1-25-11-15-36-34(28(25)4)10-9-17-42(36)23-43(37-20-30(13-16-38(37)47-24-42)40(46)49-41(6,7)8)21-31-12-14-35(31)39(48-29(5)45)33-18-32(19-33)27(3)26(2)22-44/h11,13,15-16,18,20,22,26-27,31-32,35,39H,9-10,12,14,17,19,21,23-24H2,1-8H3/t26?,27-,31+,32+,35?,39?,42+/m1/s1. The molecule has 1 aliphatic heterocycles. The lowest BCUT2D eigenvalue weighted by Crippen LogP contribution is -2.50. The Labute approximate surface area is 292 Å². The van der Waals surface area contributed by atoms with Crippen LogP contribution in [0.5, 0.6) is 5.75 Å². The fourth-order valence-electron chi connectivity index (χ4n) is 8.67. The topological polar surface area (TPSA) is 82.1 Å². The number of aldehydes is 1. The van der Waals surface area contributed by atoms with Crippen molar-refractivity contribution in [1.29, 1.82) is 0 Å². The van der Waals surface area contributed by atoms with Gasteiger partial charge in [-0.05, 0) is 137 Å². The molecule has 0 aromatic heterocycles. The fourth-order valence-corrected chi connectivity index (χ4v) is 8.67. The van der Waals surface area contributed by atoms with Gasteiger partial charge in [0.1, 0.15) is 23.7 Å². The van der Waals surface area contributed by atoms with Crippen LogP contribution in [0.1, 0.15) is 106 Å². The van der Waals surface area contributed by atoms with Crippen molar-refractivity contribution in [3.63, 3.8) is 0 Å². The number of carbonyl (C=O) groups excluding carboxylic acids is 3. The summed E-state index contributed by atoms with van der Waals surface area (Å²) in [6, 6.07) is 10.3. The molecule has 1 spiro atoms. The van der Waals surface area contributed by atoms with Gasteiger partial charge in [0.15, 0.2) is 0 Å². The van der Waals surface area contributed by atoms with E-state index in [0.717, 1.165) is 69.3 Å². The number of hydrogen-bond donors (Lipinski definition) is 0. The summed E-state index contributed by atoms with van der Waals surface area (Å²) in [5.41, 5.74) is 7.38. The molecule has 7 atom stereocenters. The molecule has 264 valence electrons. The van der Waals surface area contributed by atoms with Gasteiger partial charge >= 0.3 is 11.9 Å². The molecule has 7 heteroatoms. The number of ether oxygens (including phenoxy) is 3. The second-order valence-electron chi connectivity index (χ2n) is 16.5. The van der Waals surface area contributed by atoms with Gasteiger partial charge in [-0.25, -0.2) is 4.79 Å². The first-order chi connectivity index (χ1) is 23.2. The predicted molar refractivity (Wildman–Crippen MR) is 192 cm³/mol. The fraction of sp³-hybridized carbons (Fsp3) is 0.595. The third-order valence-electron chi connectivity index (χ3n) is 12.1. The van der Waals surface area contributed by atoms with E-state index in [0.29, 0.717) is 24.0 Å². The Kier molecular flexibility index (Phi) is 9.78. The number of hydrogen-bond acceptors (Lipinski definition) is 7. The van der Waals surface area contributed by atoms with Crippen molar-refractivity contribution in [3.05, 3.63) is 69.8 Å². The third kappa shape index (κ3) is 7.05. The SMILES string of the molecule is CC(=O)OC(C1=C[C@H]([C@H](C)C(C)C=O)C1)C1CC[C@H]1CN1C[C@@]2(CCCc3c2ccc(C)c3C)COc2ccc(C(=O)OC(C)(C)C)cc21. The Morgan fingerprint density at radius 2 is 1.88 bits per heavy atom. The van der Waals surface area contributed by atoms with Gasteiger partial charge in [-0.15, -0.1) is 0 Å². The summed E-state index contributed by atoms with van der Waals surface area (Å²) < 4.78 is 18.6. The minimum Gasteiger partial charge on any atom is -0.490 e. The molecule has 1 saturated carbocycles. The Bertz CT molecular complexity index is 1640. The maximum Gasteiger partial charge on any atom is 0.338 e. The summed E-state index contributed by atoms with van der Waals surface area (Å²) in [6.45, 7) is 17.8. The van der Waals surface area contributed by atoms with Crippen LogP contribution in [-0.2, 0) is 30.9 Å². The van der Waals surface area contributed by atoms with E-state index in [1.54, 1.807) is 0 Å². The lowest BCUT2D eigenvalue weighted by molar-refractivity contribution is -0.150. The minimum absolute atomic E-state index is 0.00716. The first-order valence-electron chi connectivity index (χ1n) is 18.4. The van der Waals surface area contributed by atoms with Gasteiger partial charge in [-0.1, -0.05) is 32.1 Å². The monoisotopic (exact) mass is 669 g/mol. The number of nitrogens with zero attached hydrogens (tertiary/aromatic N) is 1. The van der Waals surface area contributed by atoms with E-state index in [1.807, 2.05) is 45.9 Å². The smallest absolute Gasteiger partial charge is 0.338 e. The van der Waals surface area contributed by atoms with Crippen molar-refractivity contribution in [2.75, 3.05) is 24.6 Å². The van der Waals surface area contributed by atoms with E-state index < -0.39 is 5.60 Å². The molecule has 0 amide bonds. The summed E-state index contributed by atoms with van der Waals surface area (Å²) >= 11 is 0. The molecule has 0 bridgehead atoms. The van der Waals surface area contributed by atoms with Gasteiger partial charge < -0.3 is 23.9 Å². The number of rotatable bonds is 9. The molecule has 1 heterocycles. The molecular formula is C42H55NO6. The highest BCUT2D eigenvalue weighted by Crippen LogP contribution is 2.49. The van der Waals surface area contributed by atoms with Gasteiger partial charge in [0, 0.05) is 37.3 Å². The Morgan fingerprint density at radius 3 is 2.53 bits per heavy atom. The molecule has 0 saturated heterocycles. The highest BCUT2D eigenvalue weighted by molar-refractivity contribution is 5.91. The maximum absolute atomic E-state index is 13.3. The quantitative estimate of drug-likeness (QED) is 0.152. The van der Waals surface area contributed by atoms with Crippen molar-refractivity contribution in [2.24, 2.45) is 29.6 Å². The van der Waals surface area contributed by atoms with Crippen molar-refractivity contribution in [3.8, 4) is 5.75 Å². The molecule has 1 fully saturated rings. The predicted octanol–water partition coefficient (Wildman–Crippen LogP) is 8.11. The average molecular weight is 670 g/mol.